The third kappa shape index (κ3) is 5.48. The number of hydrogen-bond acceptors (Lipinski definition) is 4. The fourth-order valence-electron chi connectivity index (χ4n) is 1.86. The van der Waals surface area contributed by atoms with Gasteiger partial charge in [0.2, 0.25) is 5.91 Å². The van der Waals surface area contributed by atoms with E-state index in [2.05, 4.69) is 12.2 Å². The van der Waals surface area contributed by atoms with Gasteiger partial charge in [-0.05, 0) is 13.5 Å². The first-order chi connectivity index (χ1) is 8.27. The largest absolute Gasteiger partial charge is 0.381 e. The van der Waals surface area contributed by atoms with Crippen LogP contribution < -0.4 is 5.32 Å². The van der Waals surface area contributed by atoms with E-state index in [1.807, 2.05) is 11.9 Å². The topological polar surface area (TPSA) is 50.8 Å². The fourth-order valence-corrected chi connectivity index (χ4v) is 1.86. The lowest BCUT2D eigenvalue weighted by molar-refractivity contribution is -0.139. The molecule has 0 aliphatic carbocycles. The number of amides is 1. The number of ether oxygens (including phenoxy) is 2. The Hall–Kier alpha value is -0.650. The number of carbonyl (C=O) groups excluding carboxylic acids is 1. The van der Waals surface area contributed by atoms with Crippen LogP contribution in [0.15, 0.2) is 0 Å². The van der Waals surface area contributed by atoms with Crippen LogP contribution in [0.2, 0.25) is 0 Å². The molecule has 0 aromatic rings. The van der Waals surface area contributed by atoms with Gasteiger partial charge in [0.1, 0.15) is 0 Å². The molecule has 0 aromatic carbocycles. The van der Waals surface area contributed by atoms with Crippen molar-refractivity contribution in [3.8, 4) is 0 Å². The summed E-state index contributed by atoms with van der Waals surface area (Å²) >= 11 is 0. The van der Waals surface area contributed by atoms with Crippen LogP contribution in [0.1, 0.15) is 19.8 Å². The van der Waals surface area contributed by atoms with Crippen molar-refractivity contribution in [3.63, 3.8) is 0 Å². The van der Waals surface area contributed by atoms with Crippen LogP contribution in [0.3, 0.4) is 0 Å². The Morgan fingerprint density at radius 3 is 3.06 bits per heavy atom. The van der Waals surface area contributed by atoms with Gasteiger partial charge in [-0.2, -0.15) is 0 Å². The highest BCUT2D eigenvalue weighted by Crippen LogP contribution is 2.06. The molecule has 1 aliphatic heterocycles. The molecule has 5 nitrogen and oxygen atoms in total. The van der Waals surface area contributed by atoms with Gasteiger partial charge in [0, 0.05) is 26.2 Å². The third-order valence-corrected chi connectivity index (χ3v) is 2.73. The molecule has 100 valence electrons. The zero-order chi connectivity index (χ0) is 12.5. The molecule has 0 radical (unpaired) electrons. The fraction of sp³-hybridized carbons (Fsp3) is 0.917. The van der Waals surface area contributed by atoms with E-state index in [-0.39, 0.29) is 12.0 Å². The Kier molecular flexibility index (Phi) is 7.16. The molecule has 0 spiro atoms. The molecule has 0 saturated carbocycles. The van der Waals surface area contributed by atoms with Crippen LogP contribution in [-0.4, -0.2) is 63.4 Å². The quantitative estimate of drug-likeness (QED) is 0.652. The lowest BCUT2D eigenvalue weighted by Gasteiger charge is -2.33. The van der Waals surface area contributed by atoms with Gasteiger partial charge in [0.25, 0.3) is 0 Å². The second kappa shape index (κ2) is 8.44. The summed E-state index contributed by atoms with van der Waals surface area (Å²) in [6.45, 7) is 6.13. The molecule has 1 aliphatic rings. The van der Waals surface area contributed by atoms with Gasteiger partial charge in [0.05, 0.1) is 25.7 Å². The zero-order valence-electron chi connectivity index (χ0n) is 10.9. The minimum atomic E-state index is 0.120. The highest BCUT2D eigenvalue weighted by Gasteiger charge is 2.23. The number of carbonyl (C=O) groups is 1. The minimum absolute atomic E-state index is 0.120. The SMILES string of the molecule is CCCOCCC(=O)N1CCOC(CNC)C1. The molecule has 1 rings (SSSR count). The summed E-state index contributed by atoms with van der Waals surface area (Å²) in [5.41, 5.74) is 0. The van der Waals surface area contributed by atoms with Crippen molar-refractivity contribution < 1.29 is 14.3 Å². The summed E-state index contributed by atoms with van der Waals surface area (Å²) in [6, 6.07) is 0. The average molecular weight is 244 g/mol. The maximum absolute atomic E-state index is 11.9. The van der Waals surface area contributed by atoms with Gasteiger partial charge in [-0.3, -0.25) is 4.79 Å². The highest BCUT2D eigenvalue weighted by molar-refractivity contribution is 5.76. The van der Waals surface area contributed by atoms with E-state index in [9.17, 15) is 4.79 Å². The number of rotatable bonds is 7. The maximum atomic E-state index is 11.9. The molecule has 1 N–H and O–H groups in total. The summed E-state index contributed by atoms with van der Waals surface area (Å²) in [5.74, 6) is 0.172. The summed E-state index contributed by atoms with van der Waals surface area (Å²) in [5, 5.41) is 3.07. The Morgan fingerprint density at radius 1 is 1.53 bits per heavy atom. The van der Waals surface area contributed by atoms with Crippen LogP contribution in [-0.2, 0) is 14.3 Å². The van der Waals surface area contributed by atoms with Crippen LogP contribution in [0.4, 0.5) is 0 Å². The standard InChI is InChI=1S/C12H24N2O3/c1-3-6-16-7-4-12(15)14-5-8-17-11(10-14)9-13-2/h11,13H,3-10H2,1-2H3. The Morgan fingerprint density at radius 2 is 2.35 bits per heavy atom. The zero-order valence-corrected chi connectivity index (χ0v) is 10.9. The Balaban J connectivity index is 2.21. The molecule has 1 heterocycles. The van der Waals surface area contributed by atoms with Crippen molar-refractivity contribution in [1.29, 1.82) is 0 Å². The van der Waals surface area contributed by atoms with E-state index in [0.717, 1.165) is 19.6 Å². The van der Waals surface area contributed by atoms with Gasteiger partial charge in [-0.25, -0.2) is 0 Å². The van der Waals surface area contributed by atoms with E-state index in [1.54, 1.807) is 0 Å². The van der Waals surface area contributed by atoms with Gasteiger partial charge in [-0.1, -0.05) is 6.92 Å². The third-order valence-electron chi connectivity index (χ3n) is 2.73. The lowest BCUT2D eigenvalue weighted by Crippen LogP contribution is -2.48. The van der Waals surface area contributed by atoms with Crippen LogP contribution >= 0.6 is 0 Å². The second-order valence-corrected chi connectivity index (χ2v) is 4.25. The predicted octanol–water partition coefficient (Wildman–Crippen LogP) is 0.250. The maximum Gasteiger partial charge on any atom is 0.225 e. The monoisotopic (exact) mass is 244 g/mol. The van der Waals surface area contributed by atoms with Crippen LogP contribution in [0.5, 0.6) is 0 Å². The van der Waals surface area contributed by atoms with Gasteiger partial charge < -0.3 is 19.7 Å². The van der Waals surface area contributed by atoms with Gasteiger partial charge >= 0.3 is 0 Å². The summed E-state index contributed by atoms with van der Waals surface area (Å²) in [7, 11) is 1.89. The van der Waals surface area contributed by atoms with Crippen LogP contribution in [0, 0.1) is 0 Å². The Labute approximate surface area is 103 Å². The van der Waals surface area contributed by atoms with Crippen molar-refractivity contribution >= 4 is 5.91 Å². The van der Waals surface area contributed by atoms with Crippen molar-refractivity contribution in [3.05, 3.63) is 0 Å². The molecule has 0 aromatic heterocycles. The van der Waals surface area contributed by atoms with Crippen molar-refractivity contribution in [2.75, 3.05) is 46.5 Å². The van der Waals surface area contributed by atoms with Crippen molar-refractivity contribution in [2.24, 2.45) is 0 Å². The Bertz CT molecular complexity index is 222. The first kappa shape index (κ1) is 14.4. The first-order valence-electron chi connectivity index (χ1n) is 6.39. The predicted molar refractivity (Wildman–Crippen MR) is 66.0 cm³/mol. The molecule has 1 saturated heterocycles. The molecule has 1 amide bonds. The van der Waals surface area contributed by atoms with Gasteiger partial charge in [-0.15, -0.1) is 0 Å². The number of nitrogens with zero attached hydrogens (tertiary/aromatic N) is 1. The lowest BCUT2D eigenvalue weighted by atomic mass is 10.2. The van der Waals surface area contributed by atoms with E-state index in [0.29, 0.717) is 32.7 Å². The number of morpholine rings is 1. The number of likely N-dealkylation sites (N-methyl/N-ethyl adjacent to an activating group) is 1. The second-order valence-electron chi connectivity index (χ2n) is 4.25. The highest BCUT2D eigenvalue weighted by atomic mass is 16.5. The van der Waals surface area contributed by atoms with E-state index < -0.39 is 0 Å². The first-order valence-corrected chi connectivity index (χ1v) is 6.39. The molecule has 17 heavy (non-hydrogen) atoms. The smallest absolute Gasteiger partial charge is 0.225 e. The molecule has 1 fully saturated rings. The summed E-state index contributed by atoms with van der Waals surface area (Å²) in [4.78, 5) is 13.8. The van der Waals surface area contributed by atoms with E-state index >= 15 is 0 Å². The average Bonchev–Trinajstić information content (AvgIpc) is 2.35. The van der Waals surface area contributed by atoms with Gasteiger partial charge in [0.15, 0.2) is 0 Å². The molecular formula is C12H24N2O3. The summed E-state index contributed by atoms with van der Waals surface area (Å²) < 4.78 is 10.9. The molecule has 1 atom stereocenters. The minimum Gasteiger partial charge on any atom is -0.381 e. The molecular weight excluding hydrogens is 220 g/mol. The number of nitrogens with one attached hydrogen (secondary N) is 1. The molecule has 5 heteroatoms. The van der Waals surface area contributed by atoms with Crippen LogP contribution in [0.25, 0.3) is 0 Å². The summed E-state index contributed by atoms with van der Waals surface area (Å²) in [6.07, 6.45) is 1.59. The molecule has 1 unspecified atom stereocenters. The van der Waals surface area contributed by atoms with E-state index in [4.69, 9.17) is 9.47 Å². The number of hydrogen-bond donors (Lipinski definition) is 1. The molecule has 0 bridgehead atoms. The normalized spacial score (nSPS) is 20.6. The van der Waals surface area contributed by atoms with Crippen molar-refractivity contribution in [2.45, 2.75) is 25.9 Å². The van der Waals surface area contributed by atoms with E-state index in [1.165, 1.54) is 0 Å². The van der Waals surface area contributed by atoms with Crippen molar-refractivity contribution in [1.82, 2.24) is 10.2 Å².